The highest BCUT2D eigenvalue weighted by Gasteiger charge is 2.52. The molecule has 3 aromatic carbocycles. The van der Waals surface area contributed by atoms with Crippen LogP contribution in [0.2, 0.25) is 5.04 Å². The van der Waals surface area contributed by atoms with Crippen LogP contribution >= 0.6 is 11.3 Å². The number of halogens is 3. The average Bonchev–Trinajstić information content (AvgIpc) is 3.87. The number of aromatic nitrogens is 2. The normalized spacial score (nSPS) is 20.4. The van der Waals surface area contributed by atoms with Gasteiger partial charge < -0.3 is 14.1 Å². The molecule has 2 aliphatic heterocycles. The minimum Gasteiger partial charge on any atom is -0.465 e. The summed E-state index contributed by atoms with van der Waals surface area (Å²) in [7, 11) is -3.18. The summed E-state index contributed by atoms with van der Waals surface area (Å²) >= 11 is 1.42. The van der Waals surface area contributed by atoms with Crippen LogP contribution in [0.3, 0.4) is 0 Å². The predicted octanol–water partition coefficient (Wildman–Crippen LogP) is 7.99. The van der Waals surface area contributed by atoms with Crippen molar-refractivity contribution in [1.82, 2.24) is 19.8 Å². The quantitative estimate of drug-likeness (QED) is 0.124. The van der Waals surface area contributed by atoms with E-state index in [1.807, 2.05) is 90.7 Å². The molecule has 276 valence electrons. The number of alkyl halides is 3. The monoisotopic (exact) mass is 746 g/mol. The zero-order chi connectivity index (χ0) is 36.5. The number of H-pyrrole nitrogens is 1. The first-order valence-electron chi connectivity index (χ1n) is 18.4. The van der Waals surface area contributed by atoms with Crippen LogP contribution in [0.4, 0.5) is 13.2 Å². The molecule has 0 amide bonds. The third-order valence-electron chi connectivity index (χ3n) is 10.7. The van der Waals surface area contributed by atoms with E-state index < -0.39 is 38.5 Å². The van der Waals surface area contributed by atoms with Crippen molar-refractivity contribution in [3.63, 3.8) is 0 Å². The molecule has 0 spiro atoms. The van der Waals surface area contributed by atoms with Crippen LogP contribution < -0.4 is 15.1 Å². The molecule has 2 aromatic heterocycles. The number of rotatable bonds is 13. The zero-order valence-electron chi connectivity index (χ0n) is 30.5. The van der Waals surface area contributed by atoms with Crippen LogP contribution in [-0.2, 0) is 10.8 Å². The first-order valence-corrected chi connectivity index (χ1v) is 21.1. The van der Waals surface area contributed by atoms with E-state index in [0.29, 0.717) is 24.6 Å². The zero-order valence-corrected chi connectivity index (χ0v) is 32.3. The number of hydrogen-bond acceptors (Lipinski definition) is 6. The van der Waals surface area contributed by atoms with Gasteiger partial charge in [-0.2, -0.15) is 0 Å². The lowest BCUT2D eigenvalue weighted by Crippen LogP contribution is -2.67. The molecule has 11 heteroatoms. The van der Waals surface area contributed by atoms with Crippen molar-refractivity contribution in [2.45, 2.75) is 76.1 Å². The second-order valence-corrected chi connectivity index (χ2v) is 20.7. The summed E-state index contributed by atoms with van der Waals surface area (Å²) in [5, 5.41) is 3.18. The fourth-order valence-corrected chi connectivity index (χ4v) is 13.9. The smallest absolute Gasteiger partial charge is 0.282 e. The molecule has 3 atom stereocenters. The fraction of sp³-hybridized carbons (Fsp3) is 0.439. The standard InChI is InChI=1S/C41H49F3N4O2SSi/c1-29-24-34-33-18-11-12-19-35(33)46-37(34)38(36-25-45-39(51-36)50-30-20-23-47(26-30)22-13-21-42)48(29)27-41(43,44)28-49-52(40(2,3)4,31-14-7-5-8-15-31)32-16-9-6-10-17-32/h5-12,14-19,25,29-30,38,46H,13,20-24,26-28H2,1-4H3/t29-,30-,38-/m1/s1. The van der Waals surface area contributed by atoms with Gasteiger partial charge in [-0.1, -0.05) is 111 Å². The molecule has 4 heterocycles. The Morgan fingerprint density at radius 1 is 0.962 bits per heavy atom. The summed E-state index contributed by atoms with van der Waals surface area (Å²) in [4.78, 5) is 13.3. The van der Waals surface area contributed by atoms with E-state index >= 15 is 8.78 Å². The first-order chi connectivity index (χ1) is 25.0. The maximum absolute atomic E-state index is 16.8. The molecule has 0 saturated carbocycles. The van der Waals surface area contributed by atoms with Gasteiger partial charge >= 0.3 is 0 Å². The van der Waals surface area contributed by atoms with Crippen molar-refractivity contribution in [2.75, 3.05) is 39.5 Å². The van der Waals surface area contributed by atoms with Crippen molar-refractivity contribution < 1.29 is 22.3 Å². The third-order valence-corrected chi connectivity index (χ3v) is 16.6. The van der Waals surface area contributed by atoms with Crippen LogP contribution in [0, 0.1) is 0 Å². The Morgan fingerprint density at radius 2 is 1.63 bits per heavy atom. The minimum atomic E-state index is -3.18. The Hall–Kier alpha value is -3.48. The second kappa shape index (κ2) is 15.1. The van der Waals surface area contributed by atoms with Gasteiger partial charge in [-0.25, -0.2) is 13.8 Å². The molecule has 1 saturated heterocycles. The molecule has 2 aliphatic rings. The van der Waals surface area contributed by atoms with Crippen LogP contribution in [0.5, 0.6) is 5.19 Å². The van der Waals surface area contributed by atoms with E-state index in [1.165, 1.54) is 11.3 Å². The molecule has 52 heavy (non-hydrogen) atoms. The van der Waals surface area contributed by atoms with Crippen LogP contribution in [-0.4, -0.2) is 85.6 Å². The highest BCUT2D eigenvalue weighted by atomic mass is 32.1. The van der Waals surface area contributed by atoms with E-state index in [0.717, 1.165) is 56.9 Å². The van der Waals surface area contributed by atoms with Crippen molar-refractivity contribution >= 4 is 40.9 Å². The number of para-hydroxylation sites is 1. The molecule has 5 aromatic rings. The van der Waals surface area contributed by atoms with Crippen molar-refractivity contribution in [3.8, 4) is 5.19 Å². The van der Waals surface area contributed by atoms with Crippen LogP contribution in [0.1, 0.15) is 62.7 Å². The van der Waals surface area contributed by atoms with Crippen molar-refractivity contribution in [1.29, 1.82) is 0 Å². The maximum Gasteiger partial charge on any atom is 0.282 e. The lowest BCUT2D eigenvalue weighted by molar-refractivity contribution is -0.0818. The summed E-state index contributed by atoms with van der Waals surface area (Å²) in [5.41, 5.74) is 3.08. The number of nitrogens with one attached hydrogen (secondary N) is 1. The highest BCUT2D eigenvalue weighted by molar-refractivity contribution is 7.13. The van der Waals surface area contributed by atoms with E-state index in [-0.39, 0.29) is 18.8 Å². The van der Waals surface area contributed by atoms with Gasteiger partial charge in [0.1, 0.15) is 6.10 Å². The Bertz CT molecular complexity index is 1890. The van der Waals surface area contributed by atoms with Gasteiger partial charge in [0.25, 0.3) is 19.4 Å². The summed E-state index contributed by atoms with van der Waals surface area (Å²) in [5.74, 6) is -3.17. The van der Waals surface area contributed by atoms with E-state index in [9.17, 15) is 4.39 Å². The molecular formula is C41H49F3N4O2SSi. The molecule has 0 bridgehead atoms. The SMILES string of the molecule is C[C@@H]1Cc2c([nH]c3ccccc23)[C@@H](c2cnc(O[C@@H]3CCN(CCCF)C3)s2)N1CC(F)(F)CO[Si](c1ccccc1)(c1ccccc1)C(C)(C)C. The number of aromatic amines is 1. The Balaban J connectivity index is 1.19. The number of fused-ring (bicyclic) bond motifs is 3. The first kappa shape index (κ1) is 36.9. The predicted molar refractivity (Wildman–Crippen MR) is 207 cm³/mol. The molecule has 1 N–H and O–H groups in total. The average molecular weight is 747 g/mol. The van der Waals surface area contributed by atoms with Gasteiger partial charge in [0.15, 0.2) is 0 Å². The van der Waals surface area contributed by atoms with Gasteiger partial charge in [-0.15, -0.1) is 0 Å². The number of nitrogens with zero attached hydrogens (tertiary/aromatic N) is 3. The molecule has 0 radical (unpaired) electrons. The maximum atomic E-state index is 16.8. The second-order valence-electron chi connectivity index (χ2n) is 15.4. The number of ether oxygens (including phenoxy) is 1. The Kier molecular flexibility index (Phi) is 10.7. The van der Waals surface area contributed by atoms with Crippen LogP contribution in [0.15, 0.2) is 91.1 Å². The van der Waals surface area contributed by atoms with Gasteiger partial charge in [-0.3, -0.25) is 14.2 Å². The molecule has 0 aliphatic carbocycles. The summed E-state index contributed by atoms with van der Waals surface area (Å²) < 4.78 is 59.4. The molecule has 7 rings (SSSR count). The summed E-state index contributed by atoms with van der Waals surface area (Å²) in [6, 6.07) is 27.4. The summed E-state index contributed by atoms with van der Waals surface area (Å²) in [6.45, 7) is 9.15. The number of hydrogen-bond donors (Lipinski definition) is 1. The number of benzene rings is 3. The summed E-state index contributed by atoms with van der Waals surface area (Å²) in [6.07, 6.45) is 3.76. The largest absolute Gasteiger partial charge is 0.465 e. The molecule has 6 nitrogen and oxygen atoms in total. The van der Waals surface area contributed by atoms with Gasteiger partial charge in [0.2, 0.25) is 0 Å². The van der Waals surface area contributed by atoms with Crippen LogP contribution in [0.25, 0.3) is 10.9 Å². The lowest BCUT2D eigenvalue weighted by atomic mass is 9.91. The Labute approximate surface area is 310 Å². The van der Waals surface area contributed by atoms with Gasteiger partial charge in [0.05, 0.1) is 30.7 Å². The molecule has 1 fully saturated rings. The topological polar surface area (TPSA) is 53.6 Å². The third kappa shape index (κ3) is 7.35. The highest BCUT2D eigenvalue weighted by Crippen LogP contribution is 2.45. The van der Waals surface area contributed by atoms with E-state index in [2.05, 4.69) is 41.7 Å². The van der Waals surface area contributed by atoms with E-state index in [1.54, 1.807) is 6.20 Å². The lowest BCUT2D eigenvalue weighted by Gasteiger charge is -2.45. The van der Waals surface area contributed by atoms with Gasteiger partial charge in [0, 0.05) is 48.5 Å². The molecule has 0 unspecified atom stereocenters. The number of likely N-dealkylation sites (tertiary alicyclic amines) is 1. The van der Waals surface area contributed by atoms with E-state index in [4.69, 9.17) is 9.16 Å². The van der Waals surface area contributed by atoms with Gasteiger partial charge in [-0.05, 0) is 53.2 Å². The van der Waals surface area contributed by atoms with Crippen molar-refractivity contribution in [3.05, 3.63) is 107 Å². The number of thiazole rings is 1. The Morgan fingerprint density at radius 3 is 2.31 bits per heavy atom. The van der Waals surface area contributed by atoms with Crippen molar-refractivity contribution in [2.24, 2.45) is 0 Å². The minimum absolute atomic E-state index is 0.0356. The molecular weight excluding hydrogens is 698 g/mol. The fourth-order valence-electron chi connectivity index (χ4n) is 8.32.